The van der Waals surface area contributed by atoms with Gasteiger partial charge in [0, 0.05) is 11.1 Å². The van der Waals surface area contributed by atoms with Gasteiger partial charge in [0.2, 0.25) is 0 Å². The molecule has 6 heteroatoms. The molecule has 164 valence electrons. The van der Waals surface area contributed by atoms with E-state index in [9.17, 15) is 8.42 Å². The fourth-order valence-corrected chi connectivity index (χ4v) is 4.73. The van der Waals surface area contributed by atoms with Crippen LogP contribution in [0.25, 0.3) is 16.9 Å². The average Bonchev–Trinajstić information content (AvgIpc) is 3.16. The van der Waals surface area contributed by atoms with Gasteiger partial charge in [0.1, 0.15) is 5.82 Å². The Bertz CT molecular complexity index is 1280. The maximum absolute atomic E-state index is 13.2. The van der Waals surface area contributed by atoms with Crippen LogP contribution < -0.4 is 4.72 Å². The van der Waals surface area contributed by atoms with E-state index in [4.69, 9.17) is 5.10 Å². The van der Waals surface area contributed by atoms with Crippen LogP contribution in [-0.4, -0.2) is 18.2 Å². The predicted molar refractivity (Wildman–Crippen MR) is 130 cm³/mol. The molecule has 0 saturated carbocycles. The molecule has 1 N–H and O–H groups in total. The van der Waals surface area contributed by atoms with Gasteiger partial charge in [-0.1, -0.05) is 79.6 Å². The molecule has 0 aliphatic heterocycles. The number of aryl methyl sites for hydroxylation is 1. The van der Waals surface area contributed by atoms with Crippen LogP contribution in [-0.2, 0) is 16.4 Å². The Morgan fingerprint density at radius 3 is 2.12 bits per heavy atom. The molecule has 0 saturated heterocycles. The second kappa shape index (κ2) is 9.40. The van der Waals surface area contributed by atoms with Crippen LogP contribution in [0.3, 0.4) is 0 Å². The summed E-state index contributed by atoms with van der Waals surface area (Å²) in [5.41, 5.74) is 4.63. The molecule has 0 radical (unpaired) electrons. The van der Waals surface area contributed by atoms with E-state index in [1.54, 1.807) is 35.0 Å². The summed E-state index contributed by atoms with van der Waals surface area (Å²) in [6.45, 7) is 4.17. The van der Waals surface area contributed by atoms with Crippen LogP contribution in [0.4, 0.5) is 5.82 Å². The zero-order valence-corrected chi connectivity index (χ0v) is 19.1. The van der Waals surface area contributed by atoms with Crippen LogP contribution in [0.1, 0.15) is 30.9 Å². The number of hydrogen-bond donors (Lipinski definition) is 1. The molecule has 0 aliphatic carbocycles. The normalized spacial score (nSPS) is 11.4. The number of rotatable bonds is 8. The second-order valence-electron chi connectivity index (χ2n) is 7.81. The lowest BCUT2D eigenvalue weighted by Crippen LogP contribution is -2.17. The molecule has 1 heterocycles. The lowest BCUT2D eigenvalue weighted by Gasteiger charge is -2.13. The molecule has 0 bridgehead atoms. The summed E-state index contributed by atoms with van der Waals surface area (Å²) in [6.07, 6.45) is 2.65. The molecule has 0 unspecified atom stereocenters. The fraction of sp³-hybridized carbons (Fsp3) is 0.192. The highest BCUT2D eigenvalue weighted by Crippen LogP contribution is 2.34. The van der Waals surface area contributed by atoms with E-state index in [0.29, 0.717) is 5.82 Å². The van der Waals surface area contributed by atoms with E-state index in [-0.39, 0.29) is 4.90 Å². The Morgan fingerprint density at radius 1 is 0.875 bits per heavy atom. The van der Waals surface area contributed by atoms with Gasteiger partial charge in [-0.3, -0.25) is 4.72 Å². The smallest absolute Gasteiger partial charge is 0.263 e. The zero-order valence-electron chi connectivity index (χ0n) is 18.3. The number of hydrogen-bond acceptors (Lipinski definition) is 3. The summed E-state index contributed by atoms with van der Waals surface area (Å²) in [5.74, 6) is 0.490. The lowest BCUT2D eigenvalue weighted by molar-refractivity contribution is 0.600. The minimum Gasteiger partial charge on any atom is -0.263 e. The number of aromatic nitrogens is 2. The van der Waals surface area contributed by atoms with Crippen molar-refractivity contribution < 1.29 is 8.42 Å². The van der Waals surface area contributed by atoms with E-state index >= 15 is 0 Å². The van der Waals surface area contributed by atoms with E-state index in [0.717, 1.165) is 47.3 Å². The van der Waals surface area contributed by atoms with E-state index < -0.39 is 10.0 Å². The van der Waals surface area contributed by atoms with Crippen molar-refractivity contribution in [1.82, 2.24) is 9.78 Å². The van der Waals surface area contributed by atoms with E-state index in [2.05, 4.69) is 11.6 Å². The molecule has 0 amide bonds. The molecule has 32 heavy (non-hydrogen) atoms. The minimum absolute atomic E-state index is 0.221. The van der Waals surface area contributed by atoms with Gasteiger partial charge in [0.25, 0.3) is 10.0 Å². The summed E-state index contributed by atoms with van der Waals surface area (Å²) in [4.78, 5) is 0.221. The van der Waals surface area contributed by atoms with Gasteiger partial charge in [-0.15, -0.1) is 0 Å². The van der Waals surface area contributed by atoms with Crippen LogP contribution >= 0.6 is 0 Å². The van der Waals surface area contributed by atoms with E-state index in [1.807, 2.05) is 61.5 Å². The predicted octanol–water partition coefficient (Wildman–Crippen LogP) is 5.99. The monoisotopic (exact) mass is 445 g/mol. The Labute approximate surface area is 189 Å². The first kappa shape index (κ1) is 21.8. The van der Waals surface area contributed by atoms with Gasteiger partial charge < -0.3 is 0 Å². The van der Waals surface area contributed by atoms with Gasteiger partial charge in [-0.2, -0.15) is 5.10 Å². The molecule has 0 fully saturated rings. The second-order valence-corrected chi connectivity index (χ2v) is 9.49. The number of sulfonamides is 1. The Hall–Kier alpha value is -3.38. The number of anilines is 1. The largest absolute Gasteiger partial charge is 0.263 e. The van der Waals surface area contributed by atoms with Gasteiger partial charge in [0.15, 0.2) is 0 Å². The van der Waals surface area contributed by atoms with Gasteiger partial charge in [-0.05, 0) is 44.0 Å². The van der Waals surface area contributed by atoms with Crippen LogP contribution in [0.5, 0.6) is 0 Å². The summed E-state index contributed by atoms with van der Waals surface area (Å²) in [7, 11) is -3.78. The molecule has 3 aromatic carbocycles. The van der Waals surface area contributed by atoms with Crippen LogP contribution in [0.15, 0.2) is 89.8 Å². The first-order valence-electron chi connectivity index (χ1n) is 10.8. The first-order chi connectivity index (χ1) is 15.5. The SMILES string of the molecule is CCCCc1c(-c2ccc(C)cc2)nn(-c2ccccc2)c1NS(=O)(=O)c1ccccc1. The number of nitrogens with zero attached hydrogens (tertiary/aromatic N) is 2. The fourth-order valence-electron chi connectivity index (χ4n) is 3.63. The number of benzene rings is 3. The molecular formula is C26H27N3O2S. The zero-order chi connectivity index (χ0) is 22.6. The highest BCUT2D eigenvalue weighted by molar-refractivity contribution is 7.92. The standard InChI is InChI=1S/C26H27N3O2S/c1-3-4-15-24-25(21-18-16-20(2)17-19-21)27-29(22-11-7-5-8-12-22)26(24)28-32(30,31)23-13-9-6-10-14-23/h5-14,16-19,28H,3-4,15H2,1-2H3. The molecule has 4 aromatic rings. The van der Waals surface area contributed by atoms with Crippen molar-refractivity contribution in [2.75, 3.05) is 4.72 Å². The summed E-state index contributed by atoms with van der Waals surface area (Å²) in [5, 5.41) is 4.90. The summed E-state index contributed by atoms with van der Waals surface area (Å²) >= 11 is 0. The molecule has 0 atom stereocenters. The van der Waals surface area contributed by atoms with Crippen molar-refractivity contribution in [3.05, 3.63) is 96.1 Å². The third-order valence-electron chi connectivity index (χ3n) is 5.37. The van der Waals surface area contributed by atoms with Crippen molar-refractivity contribution in [3.63, 3.8) is 0 Å². The van der Waals surface area contributed by atoms with Crippen molar-refractivity contribution in [1.29, 1.82) is 0 Å². The maximum Gasteiger partial charge on any atom is 0.263 e. The molecular weight excluding hydrogens is 418 g/mol. The van der Waals surface area contributed by atoms with Crippen LogP contribution in [0, 0.1) is 6.92 Å². The van der Waals surface area contributed by atoms with Crippen LogP contribution in [0.2, 0.25) is 0 Å². The van der Waals surface area contributed by atoms with Crippen molar-refractivity contribution in [3.8, 4) is 16.9 Å². The number of para-hydroxylation sites is 1. The first-order valence-corrected chi connectivity index (χ1v) is 12.3. The average molecular weight is 446 g/mol. The third-order valence-corrected chi connectivity index (χ3v) is 6.73. The summed E-state index contributed by atoms with van der Waals surface area (Å²) < 4.78 is 31.1. The lowest BCUT2D eigenvalue weighted by atomic mass is 10.0. The van der Waals surface area contributed by atoms with Crippen molar-refractivity contribution in [2.45, 2.75) is 38.0 Å². The van der Waals surface area contributed by atoms with Gasteiger partial charge in [0.05, 0.1) is 16.3 Å². The van der Waals surface area contributed by atoms with Crippen molar-refractivity contribution in [2.24, 2.45) is 0 Å². The Kier molecular flexibility index (Phi) is 6.42. The summed E-state index contributed by atoms with van der Waals surface area (Å²) in [6, 6.07) is 26.2. The quantitative estimate of drug-likeness (QED) is 0.362. The molecule has 0 spiro atoms. The van der Waals surface area contributed by atoms with Gasteiger partial charge >= 0.3 is 0 Å². The maximum atomic E-state index is 13.2. The highest BCUT2D eigenvalue weighted by atomic mass is 32.2. The minimum atomic E-state index is -3.78. The highest BCUT2D eigenvalue weighted by Gasteiger charge is 2.24. The molecule has 5 nitrogen and oxygen atoms in total. The number of unbranched alkanes of at least 4 members (excludes halogenated alkanes) is 1. The van der Waals surface area contributed by atoms with Gasteiger partial charge in [-0.25, -0.2) is 13.1 Å². The topological polar surface area (TPSA) is 64.0 Å². The molecule has 0 aliphatic rings. The Morgan fingerprint density at radius 2 is 1.50 bits per heavy atom. The van der Waals surface area contributed by atoms with Crippen molar-refractivity contribution >= 4 is 15.8 Å². The van der Waals surface area contributed by atoms with E-state index in [1.165, 1.54) is 0 Å². The number of nitrogens with one attached hydrogen (secondary N) is 1. The molecule has 4 rings (SSSR count). The third kappa shape index (κ3) is 4.60. The molecule has 1 aromatic heterocycles. The Balaban J connectivity index is 1.91.